The summed E-state index contributed by atoms with van der Waals surface area (Å²) in [6.07, 6.45) is 7.83. The number of anilines is 1. The normalized spacial score (nSPS) is 14.3. The number of nitrogens with zero attached hydrogens (tertiary/aromatic N) is 2. The number of ether oxygens (including phenoxy) is 1. The Bertz CT molecular complexity index is 1680. The molecule has 1 aliphatic rings. The van der Waals surface area contributed by atoms with E-state index in [9.17, 15) is 13.2 Å². The zero-order valence-electron chi connectivity index (χ0n) is 24.5. The van der Waals surface area contributed by atoms with Crippen LogP contribution in [0.2, 0.25) is 5.02 Å². The molecule has 1 aliphatic heterocycles. The number of aromatic nitrogens is 2. The van der Waals surface area contributed by atoms with E-state index in [1.807, 2.05) is 72.9 Å². The number of rotatable bonds is 15. The fourth-order valence-electron chi connectivity index (χ4n) is 5.37. The third kappa shape index (κ3) is 8.65. The van der Waals surface area contributed by atoms with Crippen LogP contribution in [0.25, 0.3) is 11.3 Å². The van der Waals surface area contributed by atoms with Crippen molar-refractivity contribution in [3.8, 4) is 17.0 Å². The van der Waals surface area contributed by atoms with Gasteiger partial charge in [-0.3, -0.25) is 9.87 Å². The zero-order valence-corrected chi connectivity index (χ0v) is 26.1. The third-order valence-electron chi connectivity index (χ3n) is 7.64. The number of carbonyl (C=O) groups is 1. The van der Waals surface area contributed by atoms with Crippen LogP contribution in [-0.4, -0.2) is 42.3 Å². The predicted octanol–water partition coefficient (Wildman–Crippen LogP) is 6.56. The van der Waals surface area contributed by atoms with Gasteiger partial charge in [0.15, 0.2) is 6.04 Å². The average molecular weight is 635 g/mol. The molecule has 0 aliphatic carbocycles. The fourth-order valence-corrected chi connectivity index (χ4v) is 6.20. The quantitative estimate of drug-likeness (QED) is 0.0865. The molecule has 1 unspecified atom stereocenters. The standard InChI is InChI=1S/C34H36ClN3O5S/c35-28-21-26(17-18-32(28)43-19-11-3-1-2-4-12-20-44(40,41)42)23-30-34(39)38-24-31(27-15-9-6-10-16-27)36-29(33(38)37-30)22-25-13-7-5-8-14-25/h5-10,13-18,21,24,30H,1-4,11-12,19-20,22-23H2,(H,40,41,42)/p+1. The lowest BCUT2D eigenvalue weighted by Gasteiger charge is -2.10. The second-order valence-corrected chi connectivity index (χ2v) is 13.1. The van der Waals surface area contributed by atoms with Crippen LogP contribution < -0.4 is 14.6 Å². The summed E-state index contributed by atoms with van der Waals surface area (Å²) < 4.78 is 37.9. The molecule has 0 bridgehead atoms. The first-order chi connectivity index (χ1) is 21.3. The van der Waals surface area contributed by atoms with Crippen molar-refractivity contribution in [2.24, 2.45) is 0 Å². The predicted molar refractivity (Wildman–Crippen MR) is 172 cm³/mol. The van der Waals surface area contributed by atoms with Gasteiger partial charge in [0.1, 0.15) is 23.3 Å². The Morgan fingerprint density at radius 1 is 0.886 bits per heavy atom. The van der Waals surface area contributed by atoms with Gasteiger partial charge in [0, 0.05) is 18.4 Å². The van der Waals surface area contributed by atoms with Crippen LogP contribution in [0.1, 0.15) is 60.1 Å². The minimum Gasteiger partial charge on any atom is -0.492 e. The third-order valence-corrected chi connectivity index (χ3v) is 8.74. The van der Waals surface area contributed by atoms with E-state index < -0.39 is 16.2 Å². The molecule has 2 N–H and O–H groups in total. The van der Waals surface area contributed by atoms with Crippen LogP contribution >= 0.6 is 11.6 Å². The summed E-state index contributed by atoms with van der Waals surface area (Å²) in [5.74, 6) is 1.10. The van der Waals surface area contributed by atoms with Gasteiger partial charge in [0.2, 0.25) is 0 Å². The van der Waals surface area contributed by atoms with Crippen LogP contribution in [0.3, 0.4) is 0 Å². The summed E-state index contributed by atoms with van der Waals surface area (Å²) in [6.45, 7) is 0.527. The summed E-state index contributed by atoms with van der Waals surface area (Å²) >= 11 is 6.56. The van der Waals surface area contributed by atoms with E-state index in [1.165, 1.54) is 0 Å². The van der Waals surface area contributed by atoms with E-state index >= 15 is 0 Å². The van der Waals surface area contributed by atoms with Crippen LogP contribution in [0.15, 0.2) is 85.1 Å². The van der Waals surface area contributed by atoms with Gasteiger partial charge in [-0.05, 0) is 36.1 Å². The molecule has 44 heavy (non-hydrogen) atoms. The van der Waals surface area contributed by atoms with Gasteiger partial charge < -0.3 is 4.74 Å². The lowest BCUT2D eigenvalue weighted by atomic mass is 10.1. The van der Waals surface area contributed by atoms with E-state index in [2.05, 4.69) is 17.4 Å². The zero-order chi connectivity index (χ0) is 30.9. The number of halogens is 1. The first kappa shape index (κ1) is 31.6. The number of nitrogens with one attached hydrogen (secondary N) is 1. The van der Waals surface area contributed by atoms with Crippen LogP contribution in [0.4, 0.5) is 5.82 Å². The Hall–Kier alpha value is -3.79. The van der Waals surface area contributed by atoms with Gasteiger partial charge in [-0.25, -0.2) is 9.78 Å². The highest BCUT2D eigenvalue weighted by atomic mass is 35.5. The number of unbranched alkanes of at least 4 members (excludes halogenated alkanes) is 5. The Balaban J connectivity index is 1.19. The second-order valence-electron chi connectivity index (χ2n) is 11.1. The van der Waals surface area contributed by atoms with E-state index in [-0.39, 0.29) is 11.7 Å². The van der Waals surface area contributed by atoms with Crippen molar-refractivity contribution in [3.63, 3.8) is 0 Å². The molecule has 1 aromatic heterocycles. The van der Waals surface area contributed by atoms with Crippen molar-refractivity contribution >= 4 is 33.4 Å². The summed E-state index contributed by atoms with van der Waals surface area (Å²) in [5.41, 5.74) is 4.55. The second kappa shape index (κ2) is 14.8. The molecule has 8 nitrogen and oxygen atoms in total. The lowest BCUT2D eigenvalue weighted by Crippen LogP contribution is -2.44. The van der Waals surface area contributed by atoms with Crippen LogP contribution in [-0.2, 0) is 23.0 Å². The molecule has 2 heterocycles. The number of hydrogen-bond donors (Lipinski definition) is 2. The molecule has 0 spiro atoms. The molecule has 3 aromatic carbocycles. The van der Waals surface area contributed by atoms with Crippen molar-refractivity contribution in [2.45, 2.75) is 57.4 Å². The molecule has 4 aromatic rings. The molecule has 0 radical (unpaired) electrons. The van der Waals surface area contributed by atoms with Crippen LogP contribution in [0, 0.1) is 0 Å². The molecular weight excluding hydrogens is 598 g/mol. The molecule has 5 rings (SSSR count). The maximum atomic E-state index is 13.6. The van der Waals surface area contributed by atoms with E-state index in [4.69, 9.17) is 25.9 Å². The molecule has 0 amide bonds. The monoisotopic (exact) mass is 634 g/mol. The fraction of sp³-hybridized carbons (Fsp3) is 0.324. The van der Waals surface area contributed by atoms with Crippen molar-refractivity contribution < 1.29 is 27.1 Å². The van der Waals surface area contributed by atoms with Gasteiger partial charge in [-0.2, -0.15) is 13.0 Å². The highest BCUT2D eigenvalue weighted by molar-refractivity contribution is 7.85. The van der Waals surface area contributed by atoms with Gasteiger partial charge in [0.05, 0.1) is 17.4 Å². The molecule has 0 saturated heterocycles. The average Bonchev–Trinajstić information content (AvgIpc) is 3.32. The van der Waals surface area contributed by atoms with E-state index in [1.54, 1.807) is 4.57 Å². The lowest BCUT2D eigenvalue weighted by molar-refractivity contribution is -0.552. The van der Waals surface area contributed by atoms with Gasteiger partial charge in [0.25, 0.3) is 10.1 Å². The highest BCUT2D eigenvalue weighted by Crippen LogP contribution is 2.29. The largest absolute Gasteiger partial charge is 0.492 e. The van der Waals surface area contributed by atoms with Crippen LogP contribution in [0.5, 0.6) is 5.75 Å². The summed E-state index contributed by atoms with van der Waals surface area (Å²) in [6, 6.07) is 25.2. The Kier molecular flexibility index (Phi) is 10.6. The summed E-state index contributed by atoms with van der Waals surface area (Å²) in [4.78, 5) is 18.6. The van der Waals surface area contributed by atoms with Crippen molar-refractivity contribution in [1.29, 1.82) is 0 Å². The maximum Gasteiger partial charge on any atom is 0.359 e. The van der Waals surface area contributed by atoms with Crippen molar-refractivity contribution in [3.05, 3.63) is 107 Å². The van der Waals surface area contributed by atoms with E-state index in [0.29, 0.717) is 42.5 Å². The Labute approximate surface area is 263 Å². The summed E-state index contributed by atoms with van der Waals surface area (Å²) in [5, 5.41) is 3.94. The maximum absolute atomic E-state index is 13.6. The summed E-state index contributed by atoms with van der Waals surface area (Å²) in [7, 11) is -3.87. The van der Waals surface area contributed by atoms with Gasteiger partial charge in [-0.15, -0.1) is 0 Å². The molecule has 10 heteroatoms. The van der Waals surface area contributed by atoms with E-state index in [0.717, 1.165) is 60.2 Å². The Morgan fingerprint density at radius 3 is 2.27 bits per heavy atom. The molecule has 1 atom stereocenters. The SMILES string of the molecule is O=C1C(Cc2ccc(OCCCCCCCCS(=O)(=O)O)c(Cl)c2)Nc2c(Cc3ccccc3)nc(-c3ccccc3)c[n+]21. The first-order valence-electron chi connectivity index (χ1n) is 15.0. The van der Waals surface area contributed by atoms with Gasteiger partial charge >= 0.3 is 11.7 Å². The topological polar surface area (TPSA) is 109 Å². The molecule has 0 fully saturated rings. The molecular formula is C34H37ClN3O5S+. The Morgan fingerprint density at radius 2 is 1.57 bits per heavy atom. The minimum absolute atomic E-state index is 0.0386. The molecule has 230 valence electrons. The molecule has 0 saturated carbocycles. The number of hydrogen-bond acceptors (Lipinski definition) is 6. The number of fused-ring (bicyclic) bond motifs is 1. The number of carbonyl (C=O) groups excluding carboxylic acids is 1. The van der Waals surface area contributed by atoms with Crippen molar-refractivity contribution in [1.82, 2.24) is 4.98 Å². The minimum atomic E-state index is -3.87. The first-order valence-corrected chi connectivity index (χ1v) is 17.0. The highest BCUT2D eigenvalue weighted by Gasteiger charge is 2.41. The van der Waals surface area contributed by atoms with Crippen molar-refractivity contribution in [2.75, 3.05) is 17.7 Å². The van der Waals surface area contributed by atoms with Gasteiger partial charge in [-0.1, -0.05) is 104 Å². The smallest absolute Gasteiger partial charge is 0.359 e. The number of benzene rings is 3.